The second kappa shape index (κ2) is 5.84. The summed E-state index contributed by atoms with van der Waals surface area (Å²) in [5.41, 5.74) is 2.76. The van der Waals surface area contributed by atoms with Crippen LogP contribution in [0.2, 0.25) is 0 Å². The molecule has 0 amide bonds. The van der Waals surface area contributed by atoms with Crippen LogP contribution in [0, 0.1) is 0 Å². The molecular weight excluding hydrogens is 262 g/mol. The number of H-pyrrole nitrogens is 1. The Morgan fingerprint density at radius 2 is 1.85 bits per heavy atom. The minimum Gasteiger partial charge on any atom is -0.361 e. The second-order valence-corrected chi connectivity index (χ2v) is 6.66. The molecule has 3 rings (SSSR count). The molecule has 2 heteroatoms. The Labute approximate surface area is 124 Å². The van der Waals surface area contributed by atoms with E-state index in [1.165, 1.54) is 34.2 Å². The van der Waals surface area contributed by atoms with Crippen LogP contribution in [0.1, 0.15) is 49.0 Å². The third-order valence-electron chi connectivity index (χ3n) is 4.21. The van der Waals surface area contributed by atoms with Crippen LogP contribution in [0.4, 0.5) is 0 Å². The van der Waals surface area contributed by atoms with Gasteiger partial charge in [-0.3, -0.25) is 0 Å². The third-order valence-corrected chi connectivity index (χ3v) is 5.32. The van der Waals surface area contributed by atoms with E-state index in [9.17, 15) is 0 Å². The molecule has 3 aromatic rings. The lowest BCUT2D eigenvalue weighted by molar-refractivity contribution is 0.580. The maximum absolute atomic E-state index is 3.39. The van der Waals surface area contributed by atoms with Crippen LogP contribution in [0.5, 0.6) is 0 Å². The molecule has 1 aromatic carbocycles. The van der Waals surface area contributed by atoms with E-state index < -0.39 is 0 Å². The number of fused-ring (bicyclic) bond motifs is 1. The molecule has 0 aliphatic rings. The normalized spacial score (nSPS) is 14.5. The van der Waals surface area contributed by atoms with E-state index in [0.717, 1.165) is 0 Å². The van der Waals surface area contributed by atoms with Gasteiger partial charge < -0.3 is 4.98 Å². The number of hydrogen-bond acceptors (Lipinski definition) is 1. The van der Waals surface area contributed by atoms with Gasteiger partial charge in [0.15, 0.2) is 0 Å². The van der Waals surface area contributed by atoms with Crippen molar-refractivity contribution in [1.82, 2.24) is 4.98 Å². The quantitative estimate of drug-likeness (QED) is 0.598. The Kier molecular flexibility index (Phi) is 3.93. The zero-order chi connectivity index (χ0) is 13.9. The zero-order valence-corrected chi connectivity index (χ0v) is 12.9. The van der Waals surface area contributed by atoms with Gasteiger partial charge in [0.05, 0.1) is 0 Å². The lowest BCUT2D eigenvalue weighted by Gasteiger charge is -2.16. The standard InChI is InChI=1S/C18H21NS/c1-13(8-9-14(2)17-7-4-12-20-17)16-6-3-5-15-10-11-19-18(15)16/h3-7,10-14,19H,8-9H2,1-2H3. The molecule has 2 aromatic heterocycles. The first-order valence-corrected chi connectivity index (χ1v) is 8.23. The smallest absolute Gasteiger partial charge is 0.0489 e. The van der Waals surface area contributed by atoms with Crippen molar-refractivity contribution < 1.29 is 0 Å². The highest BCUT2D eigenvalue weighted by Gasteiger charge is 2.13. The monoisotopic (exact) mass is 283 g/mol. The minimum absolute atomic E-state index is 0.597. The molecule has 2 unspecified atom stereocenters. The van der Waals surface area contributed by atoms with Crippen molar-refractivity contribution in [3.63, 3.8) is 0 Å². The van der Waals surface area contributed by atoms with Crippen molar-refractivity contribution in [1.29, 1.82) is 0 Å². The molecule has 104 valence electrons. The molecule has 0 spiro atoms. The molecule has 0 saturated carbocycles. The lowest BCUT2D eigenvalue weighted by Crippen LogP contribution is -1.98. The fourth-order valence-corrected chi connectivity index (χ4v) is 3.71. The van der Waals surface area contributed by atoms with E-state index in [4.69, 9.17) is 0 Å². The highest BCUT2D eigenvalue weighted by Crippen LogP contribution is 2.32. The SMILES string of the molecule is CC(CCC(C)c1cccc2cc[nH]c12)c1cccs1. The lowest BCUT2D eigenvalue weighted by atomic mass is 9.91. The molecule has 0 fully saturated rings. The second-order valence-electron chi connectivity index (χ2n) is 5.68. The van der Waals surface area contributed by atoms with E-state index in [1.807, 2.05) is 17.5 Å². The van der Waals surface area contributed by atoms with Crippen molar-refractivity contribution in [2.45, 2.75) is 38.5 Å². The maximum Gasteiger partial charge on any atom is 0.0489 e. The van der Waals surface area contributed by atoms with Gasteiger partial charge in [-0.1, -0.05) is 38.1 Å². The fourth-order valence-electron chi connectivity index (χ4n) is 2.89. The minimum atomic E-state index is 0.597. The Morgan fingerprint density at radius 1 is 1.00 bits per heavy atom. The molecule has 20 heavy (non-hydrogen) atoms. The predicted octanol–water partition coefficient (Wildman–Crippen LogP) is 5.92. The summed E-state index contributed by atoms with van der Waals surface area (Å²) in [6.45, 7) is 4.69. The van der Waals surface area contributed by atoms with Crippen molar-refractivity contribution in [3.05, 3.63) is 58.4 Å². The Morgan fingerprint density at radius 3 is 2.65 bits per heavy atom. The van der Waals surface area contributed by atoms with E-state index in [2.05, 4.69) is 60.6 Å². The molecule has 0 bridgehead atoms. The summed E-state index contributed by atoms with van der Waals surface area (Å²) in [5, 5.41) is 3.50. The zero-order valence-electron chi connectivity index (χ0n) is 12.1. The van der Waals surface area contributed by atoms with Crippen molar-refractivity contribution in [3.8, 4) is 0 Å². The number of hydrogen-bond donors (Lipinski definition) is 1. The Hall–Kier alpha value is -1.54. The summed E-state index contributed by atoms with van der Waals surface area (Å²) >= 11 is 1.88. The molecule has 1 N–H and O–H groups in total. The van der Waals surface area contributed by atoms with Crippen molar-refractivity contribution in [2.24, 2.45) is 0 Å². The summed E-state index contributed by atoms with van der Waals surface area (Å²) < 4.78 is 0. The molecule has 2 heterocycles. The summed E-state index contributed by atoms with van der Waals surface area (Å²) in [5.74, 6) is 1.26. The van der Waals surface area contributed by atoms with E-state index in [0.29, 0.717) is 11.8 Å². The summed E-state index contributed by atoms with van der Waals surface area (Å²) in [7, 11) is 0. The van der Waals surface area contributed by atoms with Crippen LogP contribution in [0.15, 0.2) is 48.0 Å². The van der Waals surface area contributed by atoms with Crippen LogP contribution < -0.4 is 0 Å². The maximum atomic E-state index is 3.39. The molecular formula is C18H21NS. The first-order chi connectivity index (χ1) is 9.75. The van der Waals surface area contributed by atoms with Crippen LogP contribution in [-0.4, -0.2) is 4.98 Å². The van der Waals surface area contributed by atoms with Crippen molar-refractivity contribution in [2.75, 3.05) is 0 Å². The van der Waals surface area contributed by atoms with Crippen LogP contribution in [0.3, 0.4) is 0 Å². The number of thiophene rings is 1. The van der Waals surface area contributed by atoms with Gasteiger partial charge in [0, 0.05) is 16.6 Å². The average Bonchev–Trinajstić information content (AvgIpc) is 3.13. The van der Waals surface area contributed by atoms with E-state index >= 15 is 0 Å². The first-order valence-electron chi connectivity index (χ1n) is 7.35. The van der Waals surface area contributed by atoms with Crippen molar-refractivity contribution >= 4 is 22.2 Å². The number of benzene rings is 1. The molecule has 0 saturated heterocycles. The van der Waals surface area contributed by atoms with E-state index in [1.54, 1.807) is 0 Å². The molecule has 2 atom stereocenters. The van der Waals surface area contributed by atoms with Gasteiger partial charge in [0.2, 0.25) is 0 Å². The third kappa shape index (κ3) is 2.66. The fraction of sp³-hybridized carbons (Fsp3) is 0.333. The van der Waals surface area contributed by atoms with Gasteiger partial charge in [-0.05, 0) is 53.1 Å². The number of aromatic nitrogens is 1. The molecule has 0 aliphatic heterocycles. The summed E-state index contributed by atoms with van der Waals surface area (Å²) in [4.78, 5) is 4.90. The first kappa shape index (κ1) is 13.4. The topological polar surface area (TPSA) is 15.8 Å². The number of rotatable bonds is 5. The predicted molar refractivity (Wildman–Crippen MR) is 88.7 cm³/mol. The molecule has 0 aliphatic carbocycles. The van der Waals surface area contributed by atoms with Gasteiger partial charge in [-0.2, -0.15) is 0 Å². The number of aromatic amines is 1. The van der Waals surface area contributed by atoms with Gasteiger partial charge in [-0.15, -0.1) is 11.3 Å². The van der Waals surface area contributed by atoms with Gasteiger partial charge in [0.1, 0.15) is 0 Å². The molecule has 1 nitrogen and oxygen atoms in total. The van der Waals surface area contributed by atoms with E-state index in [-0.39, 0.29) is 0 Å². The Bertz CT molecular complexity index is 666. The highest BCUT2D eigenvalue weighted by molar-refractivity contribution is 7.10. The number of para-hydroxylation sites is 1. The average molecular weight is 283 g/mol. The van der Waals surface area contributed by atoms with Gasteiger partial charge in [-0.25, -0.2) is 0 Å². The summed E-state index contributed by atoms with van der Waals surface area (Å²) in [6, 6.07) is 13.2. The summed E-state index contributed by atoms with van der Waals surface area (Å²) in [6.07, 6.45) is 4.52. The largest absolute Gasteiger partial charge is 0.361 e. The highest BCUT2D eigenvalue weighted by atomic mass is 32.1. The van der Waals surface area contributed by atoms with Crippen LogP contribution in [-0.2, 0) is 0 Å². The molecule has 0 radical (unpaired) electrons. The number of nitrogens with one attached hydrogen (secondary N) is 1. The van der Waals surface area contributed by atoms with Gasteiger partial charge >= 0.3 is 0 Å². The van der Waals surface area contributed by atoms with Crippen LogP contribution in [0.25, 0.3) is 10.9 Å². The van der Waals surface area contributed by atoms with Gasteiger partial charge in [0.25, 0.3) is 0 Å². The van der Waals surface area contributed by atoms with Crippen LogP contribution >= 0.6 is 11.3 Å². The Balaban J connectivity index is 1.70.